The minimum atomic E-state index is -3.85. The summed E-state index contributed by atoms with van der Waals surface area (Å²) in [5.41, 5.74) is 0.338. The highest BCUT2D eigenvalue weighted by molar-refractivity contribution is 9.10. The van der Waals surface area contributed by atoms with Gasteiger partial charge in [0, 0.05) is 17.6 Å². The lowest BCUT2D eigenvalue weighted by Crippen LogP contribution is -2.34. The van der Waals surface area contributed by atoms with Crippen LogP contribution in [0.2, 0.25) is 0 Å². The molecule has 0 saturated carbocycles. The Kier molecular flexibility index (Phi) is 6.33. The Morgan fingerprint density at radius 3 is 2.43 bits per heavy atom. The third kappa shape index (κ3) is 4.03. The molecule has 0 aliphatic carbocycles. The van der Waals surface area contributed by atoms with E-state index in [0.29, 0.717) is 16.5 Å². The van der Waals surface area contributed by atoms with Gasteiger partial charge in [0.05, 0.1) is 17.1 Å². The summed E-state index contributed by atoms with van der Waals surface area (Å²) in [5, 5.41) is 18.1. The minimum Gasteiger partial charge on any atom is -0.478 e. The predicted molar refractivity (Wildman–Crippen MR) is 82.0 cm³/mol. The van der Waals surface area contributed by atoms with Crippen LogP contribution in [0.25, 0.3) is 0 Å². The molecule has 0 aromatic heterocycles. The Morgan fingerprint density at radius 1 is 1.33 bits per heavy atom. The number of nitrogens with zero attached hydrogens (tertiary/aromatic N) is 1. The van der Waals surface area contributed by atoms with E-state index >= 15 is 0 Å². The minimum absolute atomic E-state index is 0.0233. The van der Waals surface area contributed by atoms with Crippen LogP contribution in [0.5, 0.6) is 0 Å². The van der Waals surface area contributed by atoms with Crippen molar-refractivity contribution >= 4 is 31.9 Å². The van der Waals surface area contributed by atoms with Crippen LogP contribution in [0.1, 0.15) is 29.3 Å². The van der Waals surface area contributed by atoms with Gasteiger partial charge in [-0.3, -0.25) is 0 Å². The summed E-state index contributed by atoms with van der Waals surface area (Å²) in [6.07, 6.45) is 0.595. The molecule has 0 radical (unpaired) electrons. The molecular formula is C13H18BrNO5S. The Balaban J connectivity index is 3.45. The van der Waals surface area contributed by atoms with E-state index in [4.69, 9.17) is 10.2 Å². The molecule has 0 unspecified atom stereocenters. The van der Waals surface area contributed by atoms with Gasteiger partial charge in [0.15, 0.2) is 0 Å². The van der Waals surface area contributed by atoms with Crippen molar-refractivity contribution in [3.63, 3.8) is 0 Å². The fourth-order valence-electron chi connectivity index (χ4n) is 1.90. The second-order valence-electron chi connectivity index (χ2n) is 4.51. The van der Waals surface area contributed by atoms with Gasteiger partial charge in [-0.25, -0.2) is 13.2 Å². The molecular weight excluding hydrogens is 362 g/mol. The molecule has 0 atom stereocenters. The molecule has 1 rings (SSSR count). The van der Waals surface area contributed by atoms with Gasteiger partial charge in [-0.15, -0.1) is 0 Å². The van der Waals surface area contributed by atoms with Gasteiger partial charge in [-0.05, 0) is 31.0 Å². The van der Waals surface area contributed by atoms with Crippen molar-refractivity contribution in [2.45, 2.75) is 25.2 Å². The molecule has 0 aliphatic heterocycles. The molecule has 0 fully saturated rings. The van der Waals surface area contributed by atoms with Crippen LogP contribution in [-0.4, -0.2) is 48.6 Å². The zero-order chi connectivity index (χ0) is 16.2. The lowest BCUT2D eigenvalue weighted by Gasteiger charge is -2.22. The van der Waals surface area contributed by atoms with E-state index in [1.807, 2.05) is 6.92 Å². The molecule has 0 amide bonds. The molecule has 0 aliphatic rings. The summed E-state index contributed by atoms with van der Waals surface area (Å²) in [6.45, 7) is 3.38. The van der Waals surface area contributed by atoms with Crippen molar-refractivity contribution in [3.8, 4) is 0 Å². The topological polar surface area (TPSA) is 94.9 Å². The molecule has 2 N–H and O–H groups in total. The summed E-state index contributed by atoms with van der Waals surface area (Å²) < 4.78 is 26.9. The van der Waals surface area contributed by atoms with Crippen LogP contribution in [0.3, 0.4) is 0 Å². The van der Waals surface area contributed by atoms with Gasteiger partial charge in [0.1, 0.15) is 0 Å². The van der Waals surface area contributed by atoms with Crippen molar-refractivity contribution in [1.29, 1.82) is 0 Å². The zero-order valence-electron chi connectivity index (χ0n) is 11.8. The molecule has 118 valence electrons. The Bertz CT molecular complexity index is 624. The second kappa shape index (κ2) is 7.35. The molecule has 0 heterocycles. The maximum Gasteiger partial charge on any atom is 0.335 e. The van der Waals surface area contributed by atoms with Gasteiger partial charge in [0.25, 0.3) is 0 Å². The number of aromatic carboxylic acids is 1. The number of hydrogen-bond acceptors (Lipinski definition) is 4. The number of aliphatic hydroxyl groups excluding tert-OH is 1. The number of carboxylic acids is 1. The third-order valence-electron chi connectivity index (χ3n) is 2.98. The number of sulfonamides is 1. The number of hydrogen-bond donors (Lipinski definition) is 2. The predicted octanol–water partition coefficient (Wildman–Crippen LogP) is 1.85. The maximum atomic E-state index is 12.7. The van der Waals surface area contributed by atoms with Crippen LogP contribution < -0.4 is 0 Å². The van der Waals surface area contributed by atoms with Gasteiger partial charge in [-0.1, -0.05) is 22.9 Å². The second-order valence-corrected chi connectivity index (χ2v) is 7.27. The number of halogens is 1. The van der Waals surface area contributed by atoms with Crippen LogP contribution in [0.4, 0.5) is 0 Å². The molecule has 6 nitrogen and oxygen atoms in total. The first-order valence-corrected chi connectivity index (χ1v) is 8.63. The number of carbonyl (C=O) groups is 1. The quantitative estimate of drug-likeness (QED) is 0.753. The highest BCUT2D eigenvalue weighted by Gasteiger charge is 2.27. The van der Waals surface area contributed by atoms with E-state index in [0.717, 1.165) is 10.4 Å². The third-order valence-corrected chi connectivity index (χ3v) is 5.83. The summed E-state index contributed by atoms with van der Waals surface area (Å²) >= 11 is 3.19. The van der Waals surface area contributed by atoms with E-state index < -0.39 is 16.0 Å². The van der Waals surface area contributed by atoms with E-state index in [1.165, 1.54) is 6.07 Å². The average Bonchev–Trinajstić information content (AvgIpc) is 2.40. The van der Waals surface area contributed by atoms with E-state index in [9.17, 15) is 13.2 Å². The molecule has 8 heteroatoms. The first kappa shape index (κ1) is 18.1. The number of aliphatic hydroxyl groups is 1. The summed E-state index contributed by atoms with van der Waals surface area (Å²) in [5.74, 6) is -1.20. The van der Waals surface area contributed by atoms with Crippen LogP contribution in [0, 0.1) is 6.92 Å². The van der Waals surface area contributed by atoms with Crippen molar-refractivity contribution in [2.75, 3.05) is 19.7 Å². The van der Waals surface area contributed by atoms with Crippen LogP contribution in [0.15, 0.2) is 21.5 Å². The molecule has 0 bridgehead atoms. The highest BCUT2D eigenvalue weighted by Crippen LogP contribution is 2.28. The summed E-state index contributed by atoms with van der Waals surface area (Å²) in [4.78, 5) is 11.0. The smallest absolute Gasteiger partial charge is 0.335 e. The van der Waals surface area contributed by atoms with E-state index in [1.54, 1.807) is 6.92 Å². The number of benzene rings is 1. The number of carboxylic acid groups (broad SMARTS) is 1. The Hall–Kier alpha value is -0.960. The molecule has 0 spiro atoms. The summed E-state index contributed by atoms with van der Waals surface area (Å²) in [6, 6.07) is 2.52. The highest BCUT2D eigenvalue weighted by atomic mass is 79.9. The molecule has 0 saturated heterocycles. The lowest BCUT2D eigenvalue weighted by atomic mass is 10.1. The van der Waals surface area contributed by atoms with E-state index in [2.05, 4.69) is 15.9 Å². The fraction of sp³-hybridized carbons (Fsp3) is 0.462. The van der Waals surface area contributed by atoms with Crippen molar-refractivity contribution in [3.05, 3.63) is 27.7 Å². The fourth-order valence-corrected chi connectivity index (χ4v) is 4.28. The largest absolute Gasteiger partial charge is 0.478 e. The van der Waals surface area contributed by atoms with Gasteiger partial charge in [0.2, 0.25) is 10.0 Å². The molecule has 21 heavy (non-hydrogen) atoms. The zero-order valence-corrected chi connectivity index (χ0v) is 14.2. The van der Waals surface area contributed by atoms with Crippen molar-refractivity contribution < 1.29 is 23.4 Å². The molecule has 1 aromatic rings. The van der Waals surface area contributed by atoms with E-state index in [-0.39, 0.29) is 30.2 Å². The Morgan fingerprint density at radius 2 is 1.95 bits per heavy atom. The first-order valence-electron chi connectivity index (χ1n) is 6.40. The normalized spacial score (nSPS) is 11.9. The van der Waals surface area contributed by atoms with Crippen molar-refractivity contribution in [1.82, 2.24) is 4.31 Å². The van der Waals surface area contributed by atoms with Crippen LogP contribution in [-0.2, 0) is 10.0 Å². The van der Waals surface area contributed by atoms with Gasteiger partial charge < -0.3 is 10.2 Å². The standard InChI is InChI=1S/C13H18BrNO5S/c1-3-4-15(5-6-16)21(19,20)12-8-10(13(17)18)7-11(14)9(12)2/h7-8,16H,3-6H2,1-2H3,(H,17,18). The summed E-state index contributed by atoms with van der Waals surface area (Å²) in [7, 11) is -3.85. The average molecular weight is 380 g/mol. The maximum absolute atomic E-state index is 12.7. The SMILES string of the molecule is CCCN(CCO)S(=O)(=O)c1cc(C(=O)O)cc(Br)c1C. The van der Waals surface area contributed by atoms with Gasteiger partial charge in [-0.2, -0.15) is 4.31 Å². The first-order chi connectivity index (χ1) is 9.75. The van der Waals surface area contributed by atoms with Crippen molar-refractivity contribution in [2.24, 2.45) is 0 Å². The van der Waals surface area contributed by atoms with Gasteiger partial charge >= 0.3 is 5.97 Å². The monoisotopic (exact) mass is 379 g/mol. The molecule has 1 aromatic carbocycles. The van der Waals surface area contributed by atoms with Crippen LogP contribution >= 0.6 is 15.9 Å². The lowest BCUT2D eigenvalue weighted by molar-refractivity contribution is 0.0696. The Labute approximate surface area is 132 Å². The number of rotatable bonds is 7.